The molecule has 0 atom stereocenters. The molecule has 124 valence electrons. The number of ether oxygens (including phenoxy) is 1. The SMILES string of the molecule is Cl.NC1(C(=O)N2CCC(n3cc(Br)cn3)CC2)CCOCC1. The molecule has 2 saturated heterocycles. The second-order valence-corrected chi connectivity index (χ2v) is 6.85. The van der Waals surface area contributed by atoms with Gasteiger partial charge in [-0.2, -0.15) is 5.10 Å². The smallest absolute Gasteiger partial charge is 0.242 e. The number of aromatic nitrogens is 2. The molecule has 0 bridgehead atoms. The van der Waals surface area contributed by atoms with Gasteiger partial charge < -0.3 is 15.4 Å². The monoisotopic (exact) mass is 392 g/mol. The molecule has 2 aliphatic rings. The van der Waals surface area contributed by atoms with E-state index in [0.29, 0.717) is 32.1 Å². The molecule has 1 aromatic heterocycles. The zero-order valence-electron chi connectivity index (χ0n) is 12.4. The normalized spacial score (nSPS) is 22.2. The Balaban J connectivity index is 0.00000176. The van der Waals surface area contributed by atoms with Gasteiger partial charge in [-0.15, -0.1) is 12.4 Å². The minimum absolute atomic E-state index is 0. The molecule has 0 aliphatic carbocycles. The molecule has 1 amide bonds. The third kappa shape index (κ3) is 3.64. The Labute approximate surface area is 144 Å². The number of nitrogens with zero attached hydrogens (tertiary/aromatic N) is 3. The number of likely N-dealkylation sites (tertiary alicyclic amines) is 1. The van der Waals surface area contributed by atoms with E-state index in [1.54, 1.807) is 6.20 Å². The molecule has 0 unspecified atom stereocenters. The molecule has 0 spiro atoms. The Hall–Kier alpha value is -0.630. The van der Waals surface area contributed by atoms with Crippen LogP contribution in [0.25, 0.3) is 0 Å². The highest BCUT2D eigenvalue weighted by atomic mass is 79.9. The maximum Gasteiger partial charge on any atom is 0.242 e. The topological polar surface area (TPSA) is 73.4 Å². The van der Waals surface area contributed by atoms with Gasteiger partial charge in [0, 0.05) is 32.5 Å². The van der Waals surface area contributed by atoms with Gasteiger partial charge in [-0.1, -0.05) is 0 Å². The number of nitrogens with two attached hydrogens (primary N) is 1. The predicted molar refractivity (Wildman–Crippen MR) is 89.0 cm³/mol. The van der Waals surface area contributed by atoms with E-state index >= 15 is 0 Å². The van der Waals surface area contributed by atoms with Crippen molar-refractivity contribution in [2.75, 3.05) is 26.3 Å². The van der Waals surface area contributed by atoms with Crippen molar-refractivity contribution >= 4 is 34.2 Å². The molecule has 22 heavy (non-hydrogen) atoms. The van der Waals surface area contributed by atoms with Crippen molar-refractivity contribution in [1.29, 1.82) is 0 Å². The van der Waals surface area contributed by atoms with Crippen molar-refractivity contribution in [3.63, 3.8) is 0 Å². The van der Waals surface area contributed by atoms with E-state index in [0.717, 1.165) is 30.4 Å². The first kappa shape index (κ1) is 17.7. The van der Waals surface area contributed by atoms with Gasteiger partial charge >= 0.3 is 0 Å². The van der Waals surface area contributed by atoms with Crippen LogP contribution in [0, 0.1) is 0 Å². The summed E-state index contributed by atoms with van der Waals surface area (Å²) in [4.78, 5) is 14.6. The molecule has 2 fully saturated rings. The van der Waals surface area contributed by atoms with Gasteiger partial charge in [-0.25, -0.2) is 0 Å². The van der Waals surface area contributed by atoms with Crippen LogP contribution in [0.5, 0.6) is 0 Å². The molecule has 6 nitrogen and oxygen atoms in total. The fraction of sp³-hybridized carbons (Fsp3) is 0.714. The zero-order chi connectivity index (χ0) is 14.9. The number of rotatable bonds is 2. The zero-order valence-corrected chi connectivity index (χ0v) is 14.8. The van der Waals surface area contributed by atoms with Crippen LogP contribution < -0.4 is 5.73 Å². The van der Waals surface area contributed by atoms with Crippen molar-refractivity contribution < 1.29 is 9.53 Å². The second kappa shape index (κ2) is 7.29. The third-order valence-electron chi connectivity index (χ3n) is 4.51. The van der Waals surface area contributed by atoms with Gasteiger partial charge in [-0.3, -0.25) is 9.48 Å². The number of hydrogen-bond acceptors (Lipinski definition) is 4. The summed E-state index contributed by atoms with van der Waals surface area (Å²) in [7, 11) is 0. The Bertz CT molecular complexity index is 511. The first-order valence-corrected chi connectivity index (χ1v) is 8.23. The number of piperidine rings is 1. The minimum atomic E-state index is -0.722. The largest absolute Gasteiger partial charge is 0.381 e. The van der Waals surface area contributed by atoms with Gasteiger partial charge in [0.2, 0.25) is 5.91 Å². The molecule has 2 aliphatic heterocycles. The number of halogens is 2. The molecule has 0 radical (unpaired) electrons. The summed E-state index contributed by atoms with van der Waals surface area (Å²) in [6.45, 7) is 2.67. The Morgan fingerprint density at radius 1 is 1.36 bits per heavy atom. The van der Waals surface area contributed by atoms with Crippen LogP contribution in [0.2, 0.25) is 0 Å². The average molecular weight is 394 g/mol. The van der Waals surface area contributed by atoms with Crippen LogP contribution >= 0.6 is 28.3 Å². The van der Waals surface area contributed by atoms with Crippen molar-refractivity contribution in [3.05, 3.63) is 16.9 Å². The highest BCUT2D eigenvalue weighted by Gasteiger charge is 2.40. The van der Waals surface area contributed by atoms with Gasteiger partial charge in [0.05, 0.1) is 22.3 Å². The van der Waals surface area contributed by atoms with Crippen molar-refractivity contribution in [2.24, 2.45) is 5.73 Å². The van der Waals surface area contributed by atoms with E-state index in [2.05, 4.69) is 21.0 Å². The van der Waals surface area contributed by atoms with Crippen LogP contribution in [-0.2, 0) is 9.53 Å². The van der Waals surface area contributed by atoms with Crippen molar-refractivity contribution in [1.82, 2.24) is 14.7 Å². The van der Waals surface area contributed by atoms with E-state index in [4.69, 9.17) is 10.5 Å². The van der Waals surface area contributed by atoms with E-state index in [9.17, 15) is 4.79 Å². The summed E-state index contributed by atoms with van der Waals surface area (Å²) in [6.07, 6.45) is 6.88. The molecule has 8 heteroatoms. The Morgan fingerprint density at radius 2 is 2.00 bits per heavy atom. The predicted octanol–water partition coefficient (Wildman–Crippen LogP) is 1.74. The molecule has 3 rings (SSSR count). The highest BCUT2D eigenvalue weighted by Crippen LogP contribution is 2.27. The van der Waals surface area contributed by atoms with Crippen LogP contribution in [0.3, 0.4) is 0 Å². The Morgan fingerprint density at radius 3 is 2.55 bits per heavy atom. The Kier molecular flexibility index (Phi) is 5.87. The number of carbonyl (C=O) groups excluding carboxylic acids is 1. The van der Waals surface area contributed by atoms with Crippen molar-refractivity contribution in [3.8, 4) is 0 Å². The molecule has 0 saturated carbocycles. The summed E-state index contributed by atoms with van der Waals surface area (Å²) >= 11 is 3.42. The molecule has 0 aromatic carbocycles. The fourth-order valence-electron chi connectivity index (χ4n) is 3.11. The fourth-order valence-corrected chi connectivity index (χ4v) is 3.41. The summed E-state index contributed by atoms with van der Waals surface area (Å²) in [5, 5.41) is 4.34. The summed E-state index contributed by atoms with van der Waals surface area (Å²) in [6, 6.07) is 0.365. The first-order chi connectivity index (χ1) is 10.1. The van der Waals surface area contributed by atoms with E-state index in [1.165, 1.54) is 0 Å². The molecule has 1 aromatic rings. The minimum Gasteiger partial charge on any atom is -0.381 e. The summed E-state index contributed by atoms with van der Waals surface area (Å²) < 4.78 is 8.29. The third-order valence-corrected chi connectivity index (χ3v) is 4.92. The standard InChI is InChI=1S/C14H21BrN4O2.ClH/c15-11-9-17-19(10-11)12-1-5-18(6-2-12)13(20)14(16)3-7-21-8-4-14;/h9-10,12H,1-8,16H2;1H. The molecule has 3 heterocycles. The van der Waals surface area contributed by atoms with Crippen LogP contribution in [0.1, 0.15) is 31.7 Å². The second-order valence-electron chi connectivity index (χ2n) is 5.93. The van der Waals surface area contributed by atoms with Crippen LogP contribution in [0.4, 0.5) is 0 Å². The van der Waals surface area contributed by atoms with E-state index < -0.39 is 5.54 Å². The van der Waals surface area contributed by atoms with Crippen LogP contribution in [0.15, 0.2) is 16.9 Å². The quantitative estimate of drug-likeness (QED) is 0.830. The first-order valence-electron chi connectivity index (χ1n) is 7.44. The van der Waals surface area contributed by atoms with Crippen LogP contribution in [-0.4, -0.2) is 52.4 Å². The van der Waals surface area contributed by atoms with Gasteiger partial charge in [-0.05, 0) is 41.6 Å². The van der Waals surface area contributed by atoms with Gasteiger partial charge in [0.15, 0.2) is 0 Å². The maximum atomic E-state index is 12.6. The molecular formula is C14H22BrClN4O2. The van der Waals surface area contributed by atoms with E-state index in [1.807, 2.05) is 15.8 Å². The molecule has 2 N–H and O–H groups in total. The lowest BCUT2D eigenvalue weighted by Gasteiger charge is -2.39. The number of hydrogen-bond donors (Lipinski definition) is 1. The lowest BCUT2D eigenvalue weighted by atomic mass is 9.88. The number of amides is 1. The average Bonchev–Trinajstić information content (AvgIpc) is 2.94. The van der Waals surface area contributed by atoms with Gasteiger partial charge in [0.25, 0.3) is 0 Å². The molecular weight excluding hydrogens is 372 g/mol. The summed E-state index contributed by atoms with van der Waals surface area (Å²) in [5.74, 6) is 0.0888. The lowest BCUT2D eigenvalue weighted by Crippen LogP contribution is -2.59. The highest BCUT2D eigenvalue weighted by molar-refractivity contribution is 9.10. The van der Waals surface area contributed by atoms with Crippen molar-refractivity contribution in [2.45, 2.75) is 37.3 Å². The summed E-state index contributed by atoms with van der Waals surface area (Å²) in [5.41, 5.74) is 5.57. The van der Waals surface area contributed by atoms with E-state index in [-0.39, 0.29) is 18.3 Å². The maximum absolute atomic E-state index is 12.6. The lowest BCUT2D eigenvalue weighted by molar-refractivity contribution is -0.142. The van der Waals surface area contributed by atoms with Gasteiger partial charge in [0.1, 0.15) is 0 Å². The number of carbonyl (C=O) groups is 1.